The third-order valence-electron chi connectivity index (χ3n) is 1.53. The van der Waals surface area contributed by atoms with Gasteiger partial charge < -0.3 is 5.73 Å². The highest BCUT2D eigenvalue weighted by Gasteiger charge is 2.05. The van der Waals surface area contributed by atoms with E-state index in [-0.39, 0.29) is 5.95 Å². The molecular formula is C7H7N5OS. The fourth-order valence-electron chi connectivity index (χ4n) is 0.994. The lowest BCUT2D eigenvalue weighted by Crippen LogP contribution is -2.15. The van der Waals surface area contributed by atoms with Crippen molar-refractivity contribution < 1.29 is 0 Å². The summed E-state index contributed by atoms with van der Waals surface area (Å²) in [7, 11) is 0. The number of nitrogens with one attached hydrogen (secondary N) is 1. The van der Waals surface area contributed by atoms with Gasteiger partial charge in [-0.3, -0.25) is 4.98 Å². The number of nitrogens with two attached hydrogens (primary N) is 1. The van der Waals surface area contributed by atoms with E-state index < -0.39 is 5.69 Å². The highest BCUT2D eigenvalue weighted by atomic mass is 32.1. The number of nitrogen functional groups attached to an aromatic ring is 1. The SMILES string of the molecule is Cc1nc(-c2nc(N)nc(=O)[nH]2)cs1. The van der Waals surface area contributed by atoms with Crippen molar-refractivity contribution in [3.05, 3.63) is 20.9 Å². The van der Waals surface area contributed by atoms with Gasteiger partial charge in [0.1, 0.15) is 5.69 Å². The van der Waals surface area contributed by atoms with E-state index >= 15 is 0 Å². The average molecular weight is 209 g/mol. The molecule has 0 atom stereocenters. The molecule has 0 aromatic carbocycles. The van der Waals surface area contributed by atoms with Crippen molar-refractivity contribution in [2.45, 2.75) is 6.92 Å². The molecule has 0 aliphatic rings. The molecule has 0 aliphatic carbocycles. The summed E-state index contributed by atoms with van der Waals surface area (Å²) in [6.45, 7) is 1.87. The zero-order valence-corrected chi connectivity index (χ0v) is 8.13. The molecule has 6 nitrogen and oxygen atoms in total. The van der Waals surface area contributed by atoms with Crippen LogP contribution in [-0.2, 0) is 0 Å². The fourth-order valence-corrected chi connectivity index (χ4v) is 1.59. The van der Waals surface area contributed by atoms with Gasteiger partial charge >= 0.3 is 5.69 Å². The Bertz CT molecular complexity index is 517. The van der Waals surface area contributed by atoms with E-state index in [1.54, 1.807) is 5.38 Å². The molecule has 2 aromatic heterocycles. The summed E-state index contributed by atoms with van der Waals surface area (Å²) in [4.78, 5) is 24.9. The largest absolute Gasteiger partial charge is 0.368 e. The van der Waals surface area contributed by atoms with Crippen molar-refractivity contribution in [2.24, 2.45) is 0 Å². The van der Waals surface area contributed by atoms with Crippen molar-refractivity contribution in [1.82, 2.24) is 19.9 Å². The Hall–Kier alpha value is -1.76. The van der Waals surface area contributed by atoms with Gasteiger partial charge in [-0.25, -0.2) is 9.78 Å². The van der Waals surface area contributed by atoms with E-state index in [4.69, 9.17) is 5.73 Å². The molecule has 0 bridgehead atoms. The number of anilines is 1. The number of H-pyrrole nitrogens is 1. The van der Waals surface area contributed by atoms with Crippen LogP contribution >= 0.6 is 11.3 Å². The number of aryl methyl sites for hydroxylation is 1. The van der Waals surface area contributed by atoms with Gasteiger partial charge in [-0.2, -0.15) is 9.97 Å². The maximum absolute atomic E-state index is 11.0. The molecule has 2 rings (SSSR count). The van der Waals surface area contributed by atoms with E-state index in [0.717, 1.165) is 5.01 Å². The topological polar surface area (TPSA) is 97.5 Å². The molecule has 0 spiro atoms. The first-order valence-electron chi connectivity index (χ1n) is 3.81. The normalized spacial score (nSPS) is 10.4. The lowest BCUT2D eigenvalue weighted by molar-refractivity contribution is 1.00. The predicted molar refractivity (Wildman–Crippen MR) is 52.9 cm³/mol. The highest BCUT2D eigenvalue weighted by molar-refractivity contribution is 7.09. The Morgan fingerprint density at radius 3 is 2.79 bits per heavy atom. The van der Waals surface area contributed by atoms with E-state index in [1.165, 1.54) is 11.3 Å². The Morgan fingerprint density at radius 2 is 2.21 bits per heavy atom. The van der Waals surface area contributed by atoms with Crippen molar-refractivity contribution in [3.8, 4) is 11.5 Å². The van der Waals surface area contributed by atoms with Gasteiger partial charge in [-0.1, -0.05) is 0 Å². The third-order valence-corrected chi connectivity index (χ3v) is 2.30. The molecule has 0 aliphatic heterocycles. The van der Waals surface area contributed by atoms with Crippen LogP contribution in [0, 0.1) is 6.92 Å². The van der Waals surface area contributed by atoms with Gasteiger partial charge in [0.15, 0.2) is 5.82 Å². The maximum atomic E-state index is 11.0. The van der Waals surface area contributed by atoms with Crippen LogP contribution in [0.5, 0.6) is 0 Å². The van der Waals surface area contributed by atoms with Crippen LogP contribution in [0.1, 0.15) is 5.01 Å². The molecule has 72 valence electrons. The number of rotatable bonds is 1. The monoisotopic (exact) mass is 209 g/mol. The molecule has 2 aromatic rings. The zero-order chi connectivity index (χ0) is 10.1. The number of hydrogen-bond acceptors (Lipinski definition) is 6. The first kappa shape index (κ1) is 8.82. The smallest absolute Gasteiger partial charge is 0.349 e. The molecule has 0 fully saturated rings. The van der Waals surface area contributed by atoms with Crippen LogP contribution in [0.15, 0.2) is 10.2 Å². The number of thiazole rings is 1. The number of aromatic nitrogens is 4. The minimum absolute atomic E-state index is 0.0468. The van der Waals surface area contributed by atoms with Gasteiger partial charge in [0.05, 0.1) is 5.01 Å². The van der Waals surface area contributed by atoms with Crippen LogP contribution < -0.4 is 11.4 Å². The summed E-state index contributed by atoms with van der Waals surface area (Å²) in [6.07, 6.45) is 0. The van der Waals surface area contributed by atoms with Gasteiger partial charge in [0.25, 0.3) is 0 Å². The summed E-state index contributed by atoms with van der Waals surface area (Å²) >= 11 is 1.48. The van der Waals surface area contributed by atoms with Crippen LogP contribution in [0.4, 0.5) is 5.95 Å². The van der Waals surface area contributed by atoms with Crippen LogP contribution in [-0.4, -0.2) is 19.9 Å². The second kappa shape index (κ2) is 3.18. The molecule has 0 saturated heterocycles. The predicted octanol–water partition coefficient (Wildman–Crippen LogP) is 0.179. The minimum Gasteiger partial charge on any atom is -0.368 e. The lowest BCUT2D eigenvalue weighted by Gasteiger charge is -1.95. The van der Waals surface area contributed by atoms with Gasteiger partial charge in [-0.05, 0) is 6.92 Å². The van der Waals surface area contributed by atoms with Crippen molar-refractivity contribution in [1.29, 1.82) is 0 Å². The summed E-state index contributed by atoms with van der Waals surface area (Å²) in [5, 5.41) is 2.70. The molecule has 2 heterocycles. The second-order valence-corrected chi connectivity index (χ2v) is 3.67. The average Bonchev–Trinajstić information content (AvgIpc) is 2.50. The summed E-state index contributed by atoms with van der Waals surface area (Å²) < 4.78 is 0. The Kier molecular flexibility index (Phi) is 2.01. The first-order chi connectivity index (χ1) is 6.65. The molecule has 0 amide bonds. The molecule has 0 saturated carbocycles. The number of hydrogen-bond donors (Lipinski definition) is 2. The zero-order valence-electron chi connectivity index (χ0n) is 7.31. The molecule has 0 unspecified atom stereocenters. The molecule has 14 heavy (non-hydrogen) atoms. The Morgan fingerprint density at radius 1 is 1.43 bits per heavy atom. The summed E-state index contributed by atoms with van der Waals surface area (Å²) in [5.74, 6) is 0.307. The van der Waals surface area contributed by atoms with Crippen molar-refractivity contribution >= 4 is 17.3 Å². The van der Waals surface area contributed by atoms with Crippen LogP contribution in [0.2, 0.25) is 0 Å². The second-order valence-electron chi connectivity index (χ2n) is 2.61. The highest BCUT2D eigenvalue weighted by Crippen LogP contribution is 2.16. The van der Waals surface area contributed by atoms with Gasteiger partial charge in [0, 0.05) is 5.38 Å². The molecule has 0 radical (unpaired) electrons. The fraction of sp³-hybridized carbons (Fsp3) is 0.143. The van der Waals surface area contributed by atoms with Crippen LogP contribution in [0.25, 0.3) is 11.5 Å². The third kappa shape index (κ3) is 1.62. The van der Waals surface area contributed by atoms with Crippen molar-refractivity contribution in [2.75, 3.05) is 5.73 Å². The van der Waals surface area contributed by atoms with E-state index in [2.05, 4.69) is 19.9 Å². The first-order valence-corrected chi connectivity index (χ1v) is 4.69. The Balaban J connectivity index is 2.56. The molecular weight excluding hydrogens is 202 g/mol. The van der Waals surface area contributed by atoms with E-state index in [1.807, 2.05) is 6.92 Å². The molecule has 3 N–H and O–H groups in total. The standard InChI is InChI=1S/C7H7N5OS/c1-3-9-4(2-14-3)5-10-6(8)12-7(13)11-5/h2H,1H3,(H3,8,10,11,12,13). The van der Waals surface area contributed by atoms with E-state index in [0.29, 0.717) is 11.5 Å². The maximum Gasteiger partial charge on any atom is 0.349 e. The van der Waals surface area contributed by atoms with E-state index in [9.17, 15) is 4.79 Å². The Labute approximate surface area is 82.9 Å². The van der Waals surface area contributed by atoms with Gasteiger partial charge in [0.2, 0.25) is 5.95 Å². The lowest BCUT2D eigenvalue weighted by atomic mass is 10.4. The summed E-state index contributed by atoms with van der Waals surface area (Å²) in [5.41, 5.74) is 5.43. The van der Waals surface area contributed by atoms with Gasteiger partial charge in [-0.15, -0.1) is 11.3 Å². The van der Waals surface area contributed by atoms with Crippen molar-refractivity contribution in [3.63, 3.8) is 0 Å². The van der Waals surface area contributed by atoms with Crippen LogP contribution in [0.3, 0.4) is 0 Å². The quantitative estimate of drug-likeness (QED) is 0.698. The summed E-state index contributed by atoms with van der Waals surface area (Å²) in [6, 6.07) is 0. The number of nitrogens with zero attached hydrogens (tertiary/aromatic N) is 3. The number of aromatic amines is 1. The minimum atomic E-state index is -0.516. The molecule has 7 heteroatoms.